The molecule has 116 valence electrons. The van der Waals surface area contributed by atoms with Crippen molar-refractivity contribution < 1.29 is 4.74 Å². The minimum atomic E-state index is 0.243. The van der Waals surface area contributed by atoms with Gasteiger partial charge in [-0.25, -0.2) is 0 Å². The number of allylic oxidation sites excluding steroid dienone is 7. The summed E-state index contributed by atoms with van der Waals surface area (Å²) in [5, 5.41) is 0. The average Bonchev–Trinajstić information content (AvgIpc) is 2.50. The monoisotopic (exact) mass is 305 g/mol. The molecule has 1 heterocycles. The van der Waals surface area contributed by atoms with Gasteiger partial charge >= 0.3 is 0 Å². The summed E-state index contributed by atoms with van der Waals surface area (Å²) in [5.74, 6) is 1.04. The lowest BCUT2D eigenvalue weighted by Gasteiger charge is -2.32. The zero-order valence-electron chi connectivity index (χ0n) is 13.8. The minimum Gasteiger partial charge on any atom is -0.495 e. The molecule has 1 atom stereocenters. The maximum atomic E-state index is 5.70. The van der Waals surface area contributed by atoms with Crippen LogP contribution >= 0.6 is 11.8 Å². The third-order valence-corrected chi connectivity index (χ3v) is 4.56. The maximum absolute atomic E-state index is 5.70. The van der Waals surface area contributed by atoms with Crippen LogP contribution in [0.2, 0.25) is 0 Å². The van der Waals surface area contributed by atoms with Gasteiger partial charge in [0.1, 0.15) is 12.4 Å². The van der Waals surface area contributed by atoms with E-state index in [1.807, 2.05) is 6.92 Å². The molecule has 0 aromatic carbocycles. The SMILES string of the molecule is C/C=C(/C)SC(=C\C)/C=C/C=CC1/C(=C\C)OCCN1C. The lowest BCUT2D eigenvalue weighted by Crippen LogP contribution is -2.39. The number of morpholine rings is 1. The van der Waals surface area contributed by atoms with Crippen molar-refractivity contribution in [3.63, 3.8) is 0 Å². The Morgan fingerprint density at radius 3 is 2.62 bits per heavy atom. The molecule has 1 unspecified atom stereocenters. The Kier molecular flexibility index (Phi) is 8.24. The van der Waals surface area contributed by atoms with Crippen molar-refractivity contribution in [1.29, 1.82) is 0 Å². The average molecular weight is 305 g/mol. The smallest absolute Gasteiger partial charge is 0.113 e. The first-order valence-electron chi connectivity index (χ1n) is 7.43. The van der Waals surface area contributed by atoms with Crippen LogP contribution in [0.5, 0.6) is 0 Å². The van der Waals surface area contributed by atoms with Crippen LogP contribution in [0, 0.1) is 0 Å². The second-order valence-corrected chi connectivity index (χ2v) is 6.22. The molecule has 1 aliphatic rings. The van der Waals surface area contributed by atoms with Crippen LogP contribution in [-0.4, -0.2) is 31.1 Å². The number of ether oxygens (including phenoxy) is 1. The summed E-state index contributed by atoms with van der Waals surface area (Å²) in [7, 11) is 2.13. The molecule has 0 bridgehead atoms. The van der Waals surface area contributed by atoms with Gasteiger partial charge in [0.05, 0.1) is 6.04 Å². The Bertz CT molecular complexity index is 472. The fourth-order valence-corrected chi connectivity index (χ4v) is 2.75. The van der Waals surface area contributed by atoms with E-state index in [2.05, 4.69) is 75.3 Å². The highest BCUT2D eigenvalue weighted by atomic mass is 32.2. The fourth-order valence-electron chi connectivity index (χ4n) is 2.00. The van der Waals surface area contributed by atoms with E-state index < -0.39 is 0 Å². The maximum Gasteiger partial charge on any atom is 0.113 e. The van der Waals surface area contributed by atoms with Gasteiger partial charge in [0, 0.05) is 11.4 Å². The normalized spacial score (nSPS) is 24.2. The zero-order valence-corrected chi connectivity index (χ0v) is 14.6. The second-order valence-electron chi connectivity index (χ2n) is 4.90. The summed E-state index contributed by atoms with van der Waals surface area (Å²) in [4.78, 5) is 4.88. The first-order chi connectivity index (χ1) is 10.1. The molecule has 3 heteroatoms. The molecule has 0 saturated carbocycles. The molecule has 0 spiro atoms. The number of thioether (sulfide) groups is 1. The lowest BCUT2D eigenvalue weighted by atomic mass is 10.1. The molecule has 1 fully saturated rings. The van der Waals surface area contributed by atoms with E-state index in [4.69, 9.17) is 4.74 Å². The van der Waals surface area contributed by atoms with Crippen molar-refractivity contribution in [3.8, 4) is 0 Å². The Hall–Kier alpha value is -1.19. The highest BCUT2D eigenvalue weighted by molar-refractivity contribution is 8.06. The van der Waals surface area contributed by atoms with Crippen LogP contribution in [0.3, 0.4) is 0 Å². The van der Waals surface area contributed by atoms with E-state index in [0.717, 1.165) is 18.9 Å². The predicted octanol–water partition coefficient (Wildman–Crippen LogP) is 4.89. The molecule has 21 heavy (non-hydrogen) atoms. The standard InChI is InChI=1S/C18H27NOS/c1-6-15(4)21-16(7-2)11-9-10-12-17-18(8-3)20-14-13-19(17)5/h6-12,17H,13-14H2,1-5H3/b11-9+,12-10?,15-6-,16-7-,18-8+. The van der Waals surface area contributed by atoms with Gasteiger partial charge in [-0.1, -0.05) is 42.1 Å². The molecule has 0 aromatic rings. The molecule has 0 aromatic heterocycles. The molecule has 0 aliphatic carbocycles. The number of hydrogen-bond donors (Lipinski definition) is 0. The largest absolute Gasteiger partial charge is 0.495 e. The number of nitrogens with zero attached hydrogens (tertiary/aromatic N) is 1. The van der Waals surface area contributed by atoms with Gasteiger partial charge in [-0.2, -0.15) is 0 Å². The van der Waals surface area contributed by atoms with Crippen LogP contribution in [0.1, 0.15) is 27.7 Å². The molecule has 0 amide bonds. The van der Waals surface area contributed by atoms with Crippen LogP contribution in [-0.2, 0) is 4.74 Å². The summed E-state index contributed by atoms with van der Waals surface area (Å²) in [6.07, 6.45) is 14.9. The zero-order chi connectivity index (χ0) is 15.7. The van der Waals surface area contributed by atoms with Gasteiger partial charge in [0.15, 0.2) is 0 Å². The number of likely N-dealkylation sites (N-methyl/N-ethyl adjacent to an activating group) is 1. The molecule has 1 aliphatic heterocycles. The summed E-state index contributed by atoms with van der Waals surface area (Å²) >= 11 is 1.79. The number of rotatable bonds is 5. The van der Waals surface area contributed by atoms with Crippen LogP contribution < -0.4 is 0 Å². The quantitative estimate of drug-likeness (QED) is 0.671. The Morgan fingerprint density at radius 2 is 2.00 bits per heavy atom. The molecule has 0 N–H and O–H groups in total. The first-order valence-corrected chi connectivity index (χ1v) is 8.25. The topological polar surface area (TPSA) is 12.5 Å². The predicted molar refractivity (Wildman–Crippen MR) is 95.2 cm³/mol. The highest BCUT2D eigenvalue weighted by Gasteiger charge is 2.21. The molecule has 0 radical (unpaired) electrons. The van der Waals surface area contributed by atoms with E-state index in [0.29, 0.717) is 0 Å². The Labute approximate surface area is 133 Å². The van der Waals surface area contributed by atoms with Gasteiger partial charge in [-0.05, 0) is 51.8 Å². The Morgan fingerprint density at radius 1 is 1.24 bits per heavy atom. The van der Waals surface area contributed by atoms with Crippen molar-refractivity contribution >= 4 is 11.8 Å². The molecule has 2 nitrogen and oxygen atoms in total. The first kappa shape index (κ1) is 17.9. The Balaban J connectivity index is 2.65. The third-order valence-electron chi connectivity index (χ3n) is 3.40. The third kappa shape index (κ3) is 5.98. The molecular weight excluding hydrogens is 278 g/mol. The van der Waals surface area contributed by atoms with Gasteiger partial charge < -0.3 is 4.74 Å². The summed E-state index contributed by atoms with van der Waals surface area (Å²) in [6.45, 7) is 10.0. The van der Waals surface area contributed by atoms with Crippen molar-refractivity contribution in [2.45, 2.75) is 33.7 Å². The molecule has 1 rings (SSSR count). The number of hydrogen-bond acceptors (Lipinski definition) is 3. The lowest BCUT2D eigenvalue weighted by molar-refractivity contribution is 0.0830. The summed E-state index contributed by atoms with van der Waals surface area (Å²) < 4.78 is 5.70. The van der Waals surface area contributed by atoms with E-state index in [-0.39, 0.29) is 6.04 Å². The van der Waals surface area contributed by atoms with Crippen LogP contribution in [0.4, 0.5) is 0 Å². The van der Waals surface area contributed by atoms with Crippen molar-refractivity contribution in [2.75, 3.05) is 20.2 Å². The summed E-state index contributed by atoms with van der Waals surface area (Å²) in [5.41, 5.74) is 0. The van der Waals surface area contributed by atoms with Crippen LogP contribution in [0.25, 0.3) is 0 Å². The van der Waals surface area contributed by atoms with Crippen molar-refractivity contribution in [2.24, 2.45) is 0 Å². The van der Waals surface area contributed by atoms with E-state index in [9.17, 15) is 0 Å². The van der Waals surface area contributed by atoms with Crippen molar-refractivity contribution in [1.82, 2.24) is 4.90 Å². The van der Waals surface area contributed by atoms with Gasteiger partial charge in [0.25, 0.3) is 0 Å². The van der Waals surface area contributed by atoms with Crippen LogP contribution in [0.15, 0.2) is 58.1 Å². The molecule has 1 saturated heterocycles. The summed E-state index contributed by atoms with van der Waals surface area (Å²) in [6, 6.07) is 0.243. The minimum absolute atomic E-state index is 0.243. The van der Waals surface area contributed by atoms with E-state index in [1.165, 1.54) is 9.81 Å². The van der Waals surface area contributed by atoms with Gasteiger partial charge in [-0.3, -0.25) is 4.90 Å². The highest BCUT2D eigenvalue weighted by Crippen LogP contribution is 2.25. The second kappa shape index (κ2) is 9.69. The fraction of sp³-hybridized carbons (Fsp3) is 0.444. The molecular formula is C18H27NOS. The van der Waals surface area contributed by atoms with E-state index in [1.54, 1.807) is 11.8 Å². The van der Waals surface area contributed by atoms with Gasteiger partial charge in [0.2, 0.25) is 0 Å². The van der Waals surface area contributed by atoms with Crippen molar-refractivity contribution in [3.05, 3.63) is 58.1 Å². The van der Waals surface area contributed by atoms with Gasteiger partial charge in [-0.15, -0.1) is 0 Å². The van der Waals surface area contributed by atoms with E-state index >= 15 is 0 Å².